The maximum absolute atomic E-state index is 12.3. The number of aryl methyl sites for hydroxylation is 2. The summed E-state index contributed by atoms with van der Waals surface area (Å²) in [6.07, 6.45) is 3.82. The molecule has 1 aromatic carbocycles. The number of nitrogens with one attached hydrogen (secondary N) is 1. The van der Waals surface area contributed by atoms with Crippen molar-refractivity contribution in [3.05, 3.63) is 59.7 Å². The fraction of sp³-hybridized carbons (Fsp3) is 0.263. The summed E-state index contributed by atoms with van der Waals surface area (Å²) in [6, 6.07) is 9.33. The van der Waals surface area contributed by atoms with Crippen molar-refractivity contribution >= 4 is 17.4 Å². The summed E-state index contributed by atoms with van der Waals surface area (Å²) < 4.78 is 3.45. The van der Waals surface area contributed by atoms with Gasteiger partial charge in [-0.15, -0.1) is 0 Å². The molecule has 0 atom stereocenters. The lowest BCUT2D eigenvalue weighted by atomic mass is 10.1. The van der Waals surface area contributed by atoms with Crippen molar-refractivity contribution in [2.75, 3.05) is 5.32 Å². The van der Waals surface area contributed by atoms with Crippen molar-refractivity contribution in [1.29, 1.82) is 0 Å². The number of amides is 1. The molecule has 0 spiro atoms. The van der Waals surface area contributed by atoms with Gasteiger partial charge < -0.3 is 5.32 Å². The fourth-order valence-electron chi connectivity index (χ4n) is 3.00. The molecule has 1 amide bonds. The topological polar surface area (TPSA) is 81.8 Å². The average Bonchev–Trinajstić information content (AvgIpc) is 3.21. The molecule has 134 valence electrons. The number of Topliss-reactive ketones (excluding diaryl/α,β-unsaturated/α-hetero) is 1. The Morgan fingerprint density at radius 3 is 2.65 bits per heavy atom. The molecule has 0 unspecified atom stereocenters. The van der Waals surface area contributed by atoms with E-state index in [0.717, 1.165) is 11.4 Å². The number of aromatic nitrogens is 4. The highest BCUT2D eigenvalue weighted by atomic mass is 16.1. The highest BCUT2D eigenvalue weighted by molar-refractivity contribution is 5.96. The summed E-state index contributed by atoms with van der Waals surface area (Å²) in [5.41, 5.74) is 3.71. The second-order valence-corrected chi connectivity index (χ2v) is 6.12. The summed E-state index contributed by atoms with van der Waals surface area (Å²) in [5, 5.41) is 11.4. The van der Waals surface area contributed by atoms with Gasteiger partial charge in [-0.25, -0.2) is 4.68 Å². The maximum atomic E-state index is 12.3. The van der Waals surface area contributed by atoms with Gasteiger partial charge in [0.2, 0.25) is 5.91 Å². The number of carbonyl (C=O) groups excluding carboxylic acids is 2. The highest BCUT2D eigenvalue weighted by Crippen LogP contribution is 2.16. The molecular weight excluding hydrogens is 330 g/mol. The van der Waals surface area contributed by atoms with Crippen molar-refractivity contribution in [2.24, 2.45) is 0 Å². The molecular formula is C19H21N5O2. The van der Waals surface area contributed by atoms with Gasteiger partial charge in [-0.3, -0.25) is 14.3 Å². The van der Waals surface area contributed by atoms with Crippen molar-refractivity contribution in [3.8, 4) is 5.69 Å². The summed E-state index contributed by atoms with van der Waals surface area (Å²) in [4.78, 5) is 23.9. The second kappa shape index (κ2) is 7.35. The Morgan fingerprint density at radius 2 is 2.00 bits per heavy atom. The summed E-state index contributed by atoms with van der Waals surface area (Å²) in [6.45, 7) is 5.61. The van der Waals surface area contributed by atoms with Crippen LogP contribution in [0.5, 0.6) is 0 Å². The number of hydrogen-bond donors (Lipinski definition) is 1. The van der Waals surface area contributed by atoms with Crippen LogP contribution >= 0.6 is 0 Å². The van der Waals surface area contributed by atoms with E-state index < -0.39 is 0 Å². The largest absolute Gasteiger partial charge is 0.326 e. The van der Waals surface area contributed by atoms with Crippen LogP contribution in [0.15, 0.2) is 42.7 Å². The van der Waals surface area contributed by atoms with Crippen LogP contribution in [0.1, 0.15) is 35.1 Å². The minimum atomic E-state index is -0.112. The smallest absolute Gasteiger partial charge is 0.226 e. The molecule has 26 heavy (non-hydrogen) atoms. The Labute approximate surface area is 151 Å². The third-order valence-corrected chi connectivity index (χ3v) is 4.18. The van der Waals surface area contributed by atoms with Gasteiger partial charge in [0.25, 0.3) is 0 Å². The molecule has 3 rings (SSSR count). The summed E-state index contributed by atoms with van der Waals surface area (Å²) >= 11 is 0. The van der Waals surface area contributed by atoms with E-state index >= 15 is 0 Å². The van der Waals surface area contributed by atoms with Gasteiger partial charge >= 0.3 is 0 Å². The van der Waals surface area contributed by atoms with Crippen LogP contribution in [0.3, 0.4) is 0 Å². The molecule has 0 radical (unpaired) electrons. The minimum absolute atomic E-state index is 0.00821. The summed E-state index contributed by atoms with van der Waals surface area (Å²) in [7, 11) is 0. The number of ketones is 1. The lowest BCUT2D eigenvalue weighted by Crippen LogP contribution is -2.16. The molecule has 7 heteroatoms. The van der Waals surface area contributed by atoms with Gasteiger partial charge in [0.15, 0.2) is 5.78 Å². The van der Waals surface area contributed by atoms with E-state index in [2.05, 4.69) is 15.5 Å². The Bertz CT molecular complexity index is 941. The van der Waals surface area contributed by atoms with Gasteiger partial charge in [0.1, 0.15) is 0 Å². The van der Waals surface area contributed by atoms with E-state index in [1.54, 1.807) is 22.5 Å². The highest BCUT2D eigenvalue weighted by Gasteiger charge is 2.15. The van der Waals surface area contributed by atoms with Gasteiger partial charge in [-0.1, -0.05) is 6.07 Å². The lowest BCUT2D eigenvalue weighted by Gasteiger charge is -2.08. The monoisotopic (exact) mass is 351 g/mol. The van der Waals surface area contributed by atoms with E-state index in [1.807, 2.05) is 43.5 Å². The quantitative estimate of drug-likeness (QED) is 0.692. The zero-order valence-electron chi connectivity index (χ0n) is 15.1. The van der Waals surface area contributed by atoms with Crippen molar-refractivity contribution in [1.82, 2.24) is 19.6 Å². The zero-order valence-corrected chi connectivity index (χ0v) is 15.1. The van der Waals surface area contributed by atoms with Crippen LogP contribution in [0.2, 0.25) is 0 Å². The van der Waals surface area contributed by atoms with Crippen LogP contribution in [0.4, 0.5) is 5.69 Å². The van der Waals surface area contributed by atoms with E-state index in [-0.39, 0.29) is 18.1 Å². The third kappa shape index (κ3) is 3.72. The average molecular weight is 351 g/mol. The predicted molar refractivity (Wildman–Crippen MR) is 98.5 cm³/mol. The number of nitrogens with zero attached hydrogens (tertiary/aromatic N) is 4. The Kier molecular flexibility index (Phi) is 4.97. The van der Waals surface area contributed by atoms with Crippen LogP contribution in [0, 0.1) is 13.8 Å². The second-order valence-electron chi connectivity index (χ2n) is 6.12. The first-order valence-electron chi connectivity index (χ1n) is 8.40. The molecule has 0 aliphatic carbocycles. The fourth-order valence-corrected chi connectivity index (χ4v) is 3.00. The Morgan fingerprint density at radius 1 is 1.19 bits per heavy atom. The van der Waals surface area contributed by atoms with Gasteiger partial charge in [-0.05, 0) is 45.0 Å². The maximum Gasteiger partial charge on any atom is 0.226 e. The molecule has 2 heterocycles. The standard InChI is InChI=1S/C19H21N5O2/c1-13-19(15(3)25)14(2)23(22-13)11-8-18(26)21-16-6-4-7-17(12-16)24-10-5-9-20-24/h4-7,9-10,12H,8,11H2,1-3H3,(H,21,26). The first-order chi connectivity index (χ1) is 12.5. The van der Waals surface area contributed by atoms with Gasteiger partial charge in [0.05, 0.1) is 16.9 Å². The number of rotatable bonds is 6. The summed E-state index contributed by atoms with van der Waals surface area (Å²) in [5.74, 6) is -0.120. The molecule has 0 saturated carbocycles. The molecule has 2 aromatic heterocycles. The molecule has 7 nitrogen and oxygen atoms in total. The first kappa shape index (κ1) is 17.6. The van der Waals surface area contributed by atoms with Crippen LogP contribution < -0.4 is 5.32 Å². The third-order valence-electron chi connectivity index (χ3n) is 4.18. The first-order valence-corrected chi connectivity index (χ1v) is 8.40. The van der Waals surface area contributed by atoms with Crippen LogP contribution in [-0.2, 0) is 11.3 Å². The van der Waals surface area contributed by atoms with E-state index in [0.29, 0.717) is 23.5 Å². The number of hydrogen-bond acceptors (Lipinski definition) is 4. The minimum Gasteiger partial charge on any atom is -0.326 e. The number of carbonyl (C=O) groups is 2. The molecule has 1 N–H and O–H groups in total. The molecule has 3 aromatic rings. The Hall–Kier alpha value is -3.22. The van der Waals surface area contributed by atoms with E-state index in [4.69, 9.17) is 0 Å². The van der Waals surface area contributed by atoms with Crippen molar-refractivity contribution < 1.29 is 9.59 Å². The number of benzene rings is 1. The SMILES string of the molecule is CC(=O)c1c(C)nn(CCC(=O)Nc2cccc(-n3cccn3)c2)c1C. The molecule has 0 bridgehead atoms. The van der Waals surface area contributed by atoms with E-state index in [9.17, 15) is 9.59 Å². The lowest BCUT2D eigenvalue weighted by molar-refractivity contribution is -0.116. The van der Waals surface area contributed by atoms with Crippen LogP contribution in [0.25, 0.3) is 5.69 Å². The van der Waals surface area contributed by atoms with E-state index in [1.165, 1.54) is 6.92 Å². The number of anilines is 1. The van der Waals surface area contributed by atoms with Gasteiger partial charge in [-0.2, -0.15) is 10.2 Å². The molecule has 0 saturated heterocycles. The molecule has 0 aliphatic rings. The van der Waals surface area contributed by atoms with Crippen molar-refractivity contribution in [2.45, 2.75) is 33.7 Å². The molecule has 0 aliphatic heterocycles. The Balaban J connectivity index is 1.64. The van der Waals surface area contributed by atoms with Gasteiger partial charge in [0, 0.05) is 36.7 Å². The zero-order chi connectivity index (χ0) is 18.7. The predicted octanol–water partition coefficient (Wildman–Crippen LogP) is 2.92. The van der Waals surface area contributed by atoms with Crippen molar-refractivity contribution in [3.63, 3.8) is 0 Å². The molecule has 0 fully saturated rings. The normalized spacial score (nSPS) is 10.7. The van der Waals surface area contributed by atoms with Crippen LogP contribution in [-0.4, -0.2) is 31.3 Å².